The van der Waals surface area contributed by atoms with Crippen LogP contribution in [-0.2, 0) is 0 Å². The largest absolute Gasteiger partial charge is 0.375 e. The average molecular weight is 303 g/mol. The number of aromatic nitrogens is 3. The van der Waals surface area contributed by atoms with E-state index in [0.717, 1.165) is 5.69 Å². The highest BCUT2D eigenvalue weighted by molar-refractivity contribution is 7.14. The van der Waals surface area contributed by atoms with Crippen molar-refractivity contribution in [3.63, 3.8) is 0 Å². The number of carbonyl (C=O) groups is 1. The number of nitrogen functional groups attached to an aromatic ring is 1. The molecule has 3 aromatic rings. The maximum absolute atomic E-state index is 11.1. The topological polar surface area (TPSA) is 108 Å². The first-order chi connectivity index (χ1) is 9.63. The van der Waals surface area contributed by atoms with Crippen LogP contribution >= 0.6 is 22.7 Å². The molecule has 8 heteroatoms. The number of pyridine rings is 1. The highest BCUT2D eigenvalue weighted by atomic mass is 32.1. The van der Waals surface area contributed by atoms with Crippen molar-refractivity contribution in [2.75, 3.05) is 5.73 Å². The Balaban J connectivity index is 2.00. The van der Waals surface area contributed by atoms with Crippen LogP contribution < -0.4 is 11.5 Å². The number of anilines is 1. The number of amides is 1. The molecule has 0 spiro atoms. The smallest absolute Gasteiger partial charge is 0.268 e. The molecule has 0 aromatic carbocycles. The van der Waals surface area contributed by atoms with Gasteiger partial charge in [-0.2, -0.15) is 0 Å². The van der Waals surface area contributed by atoms with Gasteiger partial charge in [0.1, 0.15) is 16.4 Å². The molecule has 4 N–H and O–H groups in total. The van der Waals surface area contributed by atoms with E-state index in [0.29, 0.717) is 21.5 Å². The third-order valence-corrected chi connectivity index (χ3v) is 4.05. The van der Waals surface area contributed by atoms with Gasteiger partial charge in [0, 0.05) is 10.8 Å². The lowest BCUT2D eigenvalue weighted by Crippen LogP contribution is -2.10. The third kappa shape index (κ3) is 2.38. The fraction of sp³-hybridized carbons (Fsp3) is 0. The molecule has 0 bridgehead atoms. The van der Waals surface area contributed by atoms with Crippen molar-refractivity contribution >= 4 is 33.7 Å². The lowest BCUT2D eigenvalue weighted by atomic mass is 10.2. The van der Waals surface area contributed by atoms with Gasteiger partial charge in [-0.25, -0.2) is 15.0 Å². The second kappa shape index (κ2) is 4.99. The number of nitrogens with zero attached hydrogens (tertiary/aromatic N) is 3. The SMILES string of the molecule is NC(=O)c1csc(-c2cccc(-c3csc(N)n3)n2)n1. The molecule has 6 nitrogen and oxygen atoms in total. The van der Waals surface area contributed by atoms with Gasteiger partial charge in [-0.05, 0) is 12.1 Å². The number of hydrogen-bond acceptors (Lipinski definition) is 7. The maximum Gasteiger partial charge on any atom is 0.268 e. The predicted molar refractivity (Wildman–Crippen MR) is 79.4 cm³/mol. The van der Waals surface area contributed by atoms with Crippen molar-refractivity contribution in [1.82, 2.24) is 15.0 Å². The summed E-state index contributed by atoms with van der Waals surface area (Å²) < 4.78 is 0. The molecular formula is C12H9N5OS2. The van der Waals surface area contributed by atoms with Gasteiger partial charge in [-0.1, -0.05) is 6.07 Å². The van der Waals surface area contributed by atoms with Crippen LogP contribution in [0, 0.1) is 0 Å². The molecule has 0 saturated carbocycles. The van der Waals surface area contributed by atoms with Crippen LogP contribution in [0.2, 0.25) is 0 Å². The minimum atomic E-state index is -0.545. The van der Waals surface area contributed by atoms with E-state index in [1.54, 1.807) is 5.38 Å². The van der Waals surface area contributed by atoms with E-state index < -0.39 is 5.91 Å². The van der Waals surface area contributed by atoms with E-state index in [-0.39, 0.29) is 5.69 Å². The van der Waals surface area contributed by atoms with Crippen molar-refractivity contribution in [2.45, 2.75) is 0 Å². The Kier molecular flexibility index (Phi) is 3.17. The van der Waals surface area contributed by atoms with Gasteiger partial charge in [-0.3, -0.25) is 4.79 Å². The highest BCUT2D eigenvalue weighted by Gasteiger charge is 2.11. The standard InChI is InChI=1S/C12H9N5OS2/c13-10(18)9-5-19-11(16-9)7-3-1-2-6(15-7)8-4-20-12(14)17-8/h1-5H,(H2,13,18)(H2,14,17). The summed E-state index contributed by atoms with van der Waals surface area (Å²) in [4.78, 5) is 23.9. The third-order valence-electron chi connectivity index (χ3n) is 2.51. The molecule has 3 heterocycles. The Morgan fingerprint density at radius 3 is 2.45 bits per heavy atom. The quantitative estimate of drug-likeness (QED) is 0.769. The lowest BCUT2D eigenvalue weighted by Gasteiger charge is -1.99. The fourth-order valence-electron chi connectivity index (χ4n) is 1.61. The summed E-state index contributed by atoms with van der Waals surface area (Å²) in [6, 6.07) is 5.53. The van der Waals surface area contributed by atoms with Gasteiger partial charge in [-0.15, -0.1) is 22.7 Å². The first kappa shape index (κ1) is 12.7. The van der Waals surface area contributed by atoms with Crippen LogP contribution in [0.15, 0.2) is 29.0 Å². The number of rotatable bonds is 3. The number of thiazole rings is 2. The van der Waals surface area contributed by atoms with Crippen molar-refractivity contribution in [3.8, 4) is 22.1 Å². The van der Waals surface area contributed by atoms with E-state index in [4.69, 9.17) is 11.5 Å². The molecule has 0 aliphatic heterocycles. The van der Waals surface area contributed by atoms with Crippen LogP contribution in [0.1, 0.15) is 10.5 Å². The van der Waals surface area contributed by atoms with E-state index in [1.165, 1.54) is 22.7 Å². The zero-order valence-corrected chi connectivity index (χ0v) is 11.7. The molecule has 0 radical (unpaired) electrons. The molecule has 0 aliphatic rings. The zero-order valence-electron chi connectivity index (χ0n) is 10.1. The zero-order chi connectivity index (χ0) is 14.1. The number of primary amides is 1. The second-order valence-electron chi connectivity index (χ2n) is 3.88. The highest BCUT2D eigenvalue weighted by Crippen LogP contribution is 2.26. The van der Waals surface area contributed by atoms with Gasteiger partial charge >= 0.3 is 0 Å². The van der Waals surface area contributed by atoms with Gasteiger partial charge < -0.3 is 11.5 Å². The average Bonchev–Trinajstić information content (AvgIpc) is 3.07. The molecule has 0 atom stereocenters. The molecule has 3 rings (SSSR count). The number of carbonyl (C=O) groups excluding carboxylic acids is 1. The molecule has 0 fully saturated rings. The van der Waals surface area contributed by atoms with Crippen molar-refractivity contribution < 1.29 is 4.79 Å². The Labute approximate surface area is 122 Å². The monoisotopic (exact) mass is 303 g/mol. The first-order valence-corrected chi connectivity index (χ1v) is 7.33. The van der Waals surface area contributed by atoms with Crippen LogP contribution in [0.25, 0.3) is 22.1 Å². The normalized spacial score (nSPS) is 10.6. The summed E-state index contributed by atoms with van der Waals surface area (Å²) in [7, 11) is 0. The molecule has 1 amide bonds. The Morgan fingerprint density at radius 2 is 1.80 bits per heavy atom. The Morgan fingerprint density at radius 1 is 1.00 bits per heavy atom. The molecular weight excluding hydrogens is 294 g/mol. The van der Waals surface area contributed by atoms with Gasteiger partial charge in [0.15, 0.2) is 5.13 Å². The van der Waals surface area contributed by atoms with Gasteiger partial charge in [0.2, 0.25) is 0 Å². The molecule has 0 aliphatic carbocycles. The fourth-order valence-corrected chi connectivity index (χ4v) is 2.94. The predicted octanol–water partition coefficient (Wildman–Crippen LogP) is 2.01. The summed E-state index contributed by atoms with van der Waals surface area (Å²) in [5.74, 6) is -0.545. The van der Waals surface area contributed by atoms with Crippen LogP contribution in [0.5, 0.6) is 0 Å². The molecule has 0 saturated heterocycles. The minimum Gasteiger partial charge on any atom is -0.375 e. The first-order valence-electron chi connectivity index (χ1n) is 5.57. The van der Waals surface area contributed by atoms with Crippen LogP contribution in [0.3, 0.4) is 0 Å². The minimum absolute atomic E-state index is 0.245. The van der Waals surface area contributed by atoms with Crippen LogP contribution in [0.4, 0.5) is 5.13 Å². The summed E-state index contributed by atoms with van der Waals surface area (Å²) in [5.41, 5.74) is 13.2. The molecule has 3 aromatic heterocycles. The molecule has 0 unspecified atom stereocenters. The van der Waals surface area contributed by atoms with Crippen molar-refractivity contribution in [1.29, 1.82) is 0 Å². The molecule has 20 heavy (non-hydrogen) atoms. The second-order valence-corrected chi connectivity index (χ2v) is 5.63. The van der Waals surface area contributed by atoms with E-state index >= 15 is 0 Å². The molecule has 100 valence electrons. The van der Waals surface area contributed by atoms with Crippen molar-refractivity contribution in [2.24, 2.45) is 5.73 Å². The van der Waals surface area contributed by atoms with E-state index in [9.17, 15) is 4.79 Å². The summed E-state index contributed by atoms with van der Waals surface area (Å²) in [6.45, 7) is 0. The van der Waals surface area contributed by atoms with Gasteiger partial charge in [0.05, 0.1) is 11.4 Å². The van der Waals surface area contributed by atoms with E-state index in [2.05, 4.69) is 15.0 Å². The lowest BCUT2D eigenvalue weighted by molar-refractivity contribution is 0.0996. The summed E-state index contributed by atoms with van der Waals surface area (Å²) >= 11 is 2.68. The number of hydrogen-bond donors (Lipinski definition) is 2. The summed E-state index contributed by atoms with van der Waals surface area (Å²) in [5, 5.41) is 4.60. The van der Waals surface area contributed by atoms with Crippen LogP contribution in [-0.4, -0.2) is 20.9 Å². The maximum atomic E-state index is 11.1. The summed E-state index contributed by atoms with van der Waals surface area (Å²) in [6.07, 6.45) is 0. The van der Waals surface area contributed by atoms with Crippen molar-refractivity contribution in [3.05, 3.63) is 34.7 Å². The Bertz CT molecular complexity index is 780. The Hall–Kier alpha value is -2.32. The number of nitrogens with two attached hydrogens (primary N) is 2. The van der Waals surface area contributed by atoms with E-state index in [1.807, 2.05) is 23.6 Å². The van der Waals surface area contributed by atoms with Gasteiger partial charge in [0.25, 0.3) is 5.91 Å².